The number of carboxylic acid groups (broad SMARTS) is 1. The Kier molecular flexibility index (Phi) is 4.67. The van der Waals surface area contributed by atoms with Crippen LogP contribution < -0.4 is 5.32 Å². The Morgan fingerprint density at radius 1 is 1.04 bits per heavy atom. The molecule has 1 aliphatic carbocycles. The van der Waals surface area contributed by atoms with Crippen LogP contribution in [0.4, 0.5) is 0 Å². The van der Waals surface area contributed by atoms with Gasteiger partial charge in [0.2, 0.25) is 0 Å². The molecule has 0 spiro atoms. The zero-order valence-electron chi connectivity index (χ0n) is 15.0. The average Bonchev–Trinajstić information content (AvgIpc) is 3.30. The molecule has 2 atom stereocenters. The number of aromatic nitrogens is 1. The number of carbonyl (C=O) groups excluding carboxylic acids is 1. The molecule has 2 N–H and O–H groups in total. The number of benzene rings is 2. The fraction of sp³-hybridized carbons (Fsp3) is 0.273. The molecule has 0 saturated heterocycles. The largest absolute Gasteiger partial charge is 0.481 e. The van der Waals surface area contributed by atoms with Gasteiger partial charge >= 0.3 is 5.97 Å². The monoisotopic (exact) mass is 362 g/mol. The molecule has 0 bridgehead atoms. The topological polar surface area (TPSA) is 71.3 Å². The van der Waals surface area contributed by atoms with E-state index in [0.29, 0.717) is 24.9 Å². The highest BCUT2D eigenvalue weighted by atomic mass is 16.4. The van der Waals surface area contributed by atoms with Crippen molar-refractivity contribution in [2.45, 2.75) is 31.8 Å². The van der Waals surface area contributed by atoms with Crippen molar-refractivity contribution in [1.29, 1.82) is 0 Å². The summed E-state index contributed by atoms with van der Waals surface area (Å²) < 4.78 is 2.07. The number of amides is 1. The summed E-state index contributed by atoms with van der Waals surface area (Å²) in [5, 5.41) is 13.3. The predicted octanol–water partition coefficient (Wildman–Crippen LogP) is 3.67. The van der Waals surface area contributed by atoms with Crippen molar-refractivity contribution in [3.63, 3.8) is 0 Å². The third-order valence-electron chi connectivity index (χ3n) is 5.38. The molecule has 1 heterocycles. The lowest BCUT2D eigenvalue weighted by molar-refractivity contribution is -0.142. The van der Waals surface area contributed by atoms with Gasteiger partial charge < -0.3 is 15.0 Å². The molecule has 5 nitrogen and oxygen atoms in total. The van der Waals surface area contributed by atoms with Crippen LogP contribution in [0.15, 0.2) is 60.8 Å². The number of hydrogen-bond donors (Lipinski definition) is 2. The van der Waals surface area contributed by atoms with Gasteiger partial charge in [0.25, 0.3) is 5.91 Å². The van der Waals surface area contributed by atoms with E-state index >= 15 is 0 Å². The lowest BCUT2D eigenvalue weighted by atomic mass is 10.0. The Labute approximate surface area is 157 Å². The number of rotatable bonds is 5. The highest BCUT2D eigenvalue weighted by Crippen LogP contribution is 2.27. The van der Waals surface area contributed by atoms with Crippen LogP contribution in [0.1, 0.15) is 35.2 Å². The minimum Gasteiger partial charge on any atom is -0.481 e. The number of carboxylic acids is 1. The molecular weight excluding hydrogens is 340 g/mol. The Balaban J connectivity index is 1.64. The number of nitrogens with zero attached hydrogens (tertiary/aromatic N) is 1. The van der Waals surface area contributed by atoms with Crippen molar-refractivity contribution in [3.8, 4) is 0 Å². The number of fused-ring (bicyclic) bond motifs is 1. The average molecular weight is 362 g/mol. The van der Waals surface area contributed by atoms with Crippen molar-refractivity contribution >= 4 is 22.8 Å². The number of carbonyl (C=O) groups is 2. The van der Waals surface area contributed by atoms with Crippen molar-refractivity contribution in [3.05, 3.63) is 71.9 Å². The Hall–Kier alpha value is -3.08. The molecular formula is C22H22N2O3. The molecule has 4 rings (SSSR count). The van der Waals surface area contributed by atoms with E-state index in [-0.39, 0.29) is 11.9 Å². The van der Waals surface area contributed by atoms with E-state index in [4.69, 9.17) is 0 Å². The number of hydrogen-bond acceptors (Lipinski definition) is 2. The van der Waals surface area contributed by atoms with Gasteiger partial charge in [0.15, 0.2) is 0 Å². The fourth-order valence-electron chi connectivity index (χ4n) is 4.03. The lowest BCUT2D eigenvalue weighted by Gasteiger charge is -2.18. The SMILES string of the molecule is O=C(N[C@@H]1CCC[C@@H]1C(=O)O)c1cccc2ccn(Cc3ccccc3)c12. The first-order chi connectivity index (χ1) is 13.1. The molecule has 2 aromatic carbocycles. The normalized spacial score (nSPS) is 19.3. The summed E-state index contributed by atoms with van der Waals surface area (Å²) in [6.07, 6.45) is 4.15. The lowest BCUT2D eigenvalue weighted by Crippen LogP contribution is -2.40. The van der Waals surface area contributed by atoms with Gasteiger partial charge in [0, 0.05) is 24.2 Å². The summed E-state index contributed by atoms with van der Waals surface area (Å²) in [6, 6.07) is 17.5. The van der Waals surface area contributed by atoms with E-state index in [9.17, 15) is 14.7 Å². The maximum absolute atomic E-state index is 13.0. The maximum atomic E-state index is 13.0. The molecule has 0 radical (unpaired) electrons. The first kappa shape index (κ1) is 17.3. The summed E-state index contributed by atoms with van der Waals surface area (Å²) in [6.45, 7) is 0.676. The second kappa shape index (κ2) is 7.27. The quantitative estimate of drug-likeness (QED) is 0.727. The molecule has 1 fully saturated rings. The first-order valence-corrected chi connectivity index (χ1v) is 9.29. The summed E-state index contributed by atoms with van der Waals surface area (Å²) in [5.41, 5.74) is 2.63. The van der Waals surface area contributed by atoms with Crippen LogP contribution in [0.3, 0.4) is 0 Å². The van der Waals surface area contributed by atoms with Gasteiger partial charge in [0.05, 0.1) is 17.0 Å². The van der Waals surface area contributed by atoms with Crippen LogP contribution >= 0.6 is 0 Å². The molecule has 1 amide bonds. The van der Waals surface area contributed by atoms with Crippen molar-refractivity contribution < 1.29 is 14.7 Å². The zero-order valence-corrected chi connectivity index (χ0v) is 15.0. The van der Waals surface area contributed by atoms with Gasteiger partial charge in [-0.15, -0.1) is 0 Å². The van der Waals surface area contributed by atoms with Crippen LogP contribution in [0.5, 0.6) is 0 Å². The molecule has 5 heteroatoms. The Morgan fingerprint density at radius 3 is 2.63 bits per heavy atom. The van der Waals surface area contributed by atoms with Crippen LogP contribution in [-0.2, 0) is 11.3 Å². The van der Waals surface area contributed by atoms with Crippen LogP contribution in [0, 0.1) is 5.92 Å². The van der Waals surface area contributed by atoms with Crippen molar-refractivity contribution in [2.24, 2.45) is 5.92 Å². The Morgan fingerprint density at radius 2 is 1.85 bits per heavy atom. The van der Waals surface area contributed by atoms with Crippen LogP contribution in [0.25, 0.3) is 10.9 Å². The van der Waals surface area contributed by atoms with Gasteiger partial charge in [0.1, 0.15) is 0 Å². The minimum absolute atomic E-state index is 0.202. The second-order valence-electron chi connectivity index (χ2n) is 7.13. The summed E-state index contributed by atoms with van der Waals surface area (Å²) in [7, 11) is 0. The van der Waals surface area contributed by atoms with Crippen LogP contribution in [0.2, 0.25) is 0 Å². The molecule has 3 aromatic rings. The third kappa shape index (κ3) is 3.45. The van der Waals surface area contributed by atoms with Gasteiger partial charge in [-0.05, 0) is 30.5 Å². The van der Waals surface area contributed by atoms with E-state index in [1.807, 2.05) is 48.7 Å². The third-order valence-corrected chi connectivity index (χ3v) is 5.38. The second-order valence-corrected chi connectivity index (χ2v) is 7.13. The molecule has 138 valence electrons. The first-order valence-electron chi connectivity index (χ1n) is 9.29. The van der Waals surface area contributed by atoms with Gasteiger partial charge in [-0.1, -0.05) is 48.9 Å². The summed E-state index contributed by atoms with van der Waals surface area (Å²) in [5.74, 6) is -1.53. The van der Waals surface area contributed by atoms with Gasteiger partial charge in [-0.2, -0.15) is 0 Å². The maximum Gasteiger partial charge on any atom is 0.308 e. The molecule has 1 aliphatic rings. The van der Waals surface area contributed by atoms with E-state index in [1.54, 1.807) is 0 Å². The summed E-state index contributed by atoms with van der Waals surface area (Å²) in [4.78, 5) is 24.4. The standard InChI is InChI=1S/C22H22N2O3/c25-21(23-19-11-5-9-17(19)22(26)27)18-10-4-8-16-12-13-24(20(16)18)14-15-6-2-1-3-7-15/h1-4,6-8,10,12-13,17,19H,5,9,11,14H2,(H,23,25)(H,26,27)/t17-,19+/m0/s1. The van der Waals surface area contributed by atoms with E-state index in [1.165, 1.54) is 0 Å². The van der Waals surface area contributed by atoms with E-state index in [0.717, 1.165) is 22.9 Å². The van der Waals surface area contributed by atoms with Gasteiger partial charge in [-0.3, -0.25) is 9.59 Å². The zero-order chi connectivity index (χ0) is 18.8. The van der Waals surface area contributed by atoms with Crippen LogP contribution in [-0.4, -0.2) is 27.6 Å². The molecule has 1 saturated carbocycles. The number of nitrogens with one attached hydrogen (secondary N) is 1. The summed E-state index contributed by atoms with van der Waals surface area (Å²) >= 11 is 0. The molecule has 0 unspecified atom stereocenters. The Bertz CT molecular complexity index is 978. The van der Waals surface area contributed by atoms with Gasteiger partial charge in [-0.25, -0.2) is 0 Å². The predicted molar refractivity (Wildman–Crippen MR) is 104 cm³/mol. The van der Waals surface area contributed by atoms with E-state index in [2.05, 4.69) is 22.0 Å². The highest BCUT2D eigenvalue weighted by Gasteiger charge is 2.34. The smallest absolute Gasteiger partial charge is 0.308 e. The van der Waals surface area contributed by atoms with Crippen molar-refractivity contribution in [2.75, 3.05) is 0 Å². The number of para-hydroxylation sites is 1. The molecule has 0 aliphatic heterocycles. The highest BCUT2D eigenvalue weighted by molar-refractivity contribution is 6.06. The fourth-order valence-corrected chi connectivity index (χ4v) is 4.03. The molecule has 1 aromatic heterocycles. The number of aliphatic carboxylic acids is 1. The minimum atomic E-state index is -0.830. The molecule has 27 heavy (non-hydrogen) atoms. The van der Waals surface area contributed by atoms with Crippen molar-refractivity contribution in [1.82, 2.24) is 9.88 Å². The van der Waals surface area contributed by atoms with E-state index < -0.39 is 11.9 Å².